The first-order valence-corrected chi connectivity index (χ1v) is 19.4. The Balaban J connectivity index is 0.000000199. The topological polar surface area (TPSA) is 156 Å². The average molecular weight is 812 g/mol. The van der Waals surface area contributed by atoms with Gasteiger partial charge < -0.3 is 28.8 Å². The van der Waals surface area contributed by atoms with Crippen LogP contribution in [0.25, 0.3) is 33.8 Å². The van der Waals surface area contributed by atoms with Crippen LogP contribution in [0.2, 0.25) is 0 Å². The van der Waals surface area contributed by atoms with Crippen LogP contribution in [0.5, 0.6) is 17.2 Å². The van der Waals surface area contributed by atoms with E-state index >= 15 is 0 Å². The number of pyridine rings is 3. The molecule has 0 saturated carbocycles. The molecule has 0 fully saturated rings. The summed E-state index contributed by atoms with van der Waals surface area (Å²) in [5.41, 5.74) is 5.43. The van der Waals surface area contributed by atoms with E-state index in [9.17, 15) is 14.4 Å². The highest BCUT2D eigenvalue weighted by Crippen LogP contribution is 2.24. The lowest BCUT2D eigenvalue weighted by Crippen LogP contribution is -2.13. The number of rotatable bonds is 15. The van der Waals surface area contributed by atoms with Gasteiger partial charge in [-0.25, -0.2) is 29.3 Å². The number of carboxylic acid groups (broad SMARTS) is 1. The summed E-state index contributed by atoms with van der Waals surface area (Å²) in [7, 11) is 0. The second-order valence-electron chi connectivity index (χ2n) is 12.7. The summed E-state index contributed by atoms with van der Waals surface area (Å²) < 4.78 is 26.3. The van der Waals surface area contributed by atoms with Crippen molar-refractivity contribution in [1.29, 1.82) is 0 Å². The van der Waals surface area contributed by atoms with Gasteiger partial charge in [-0.2, -0.15) is 0 Å². The molecular weight excluding hydrogens is 763 g/mol. The fourth-order valence-corrected chi connectivity index (χ4v) is 5.28. The lowest BCUT2D eigenvalue weighted by Gasteiger charge is -2.09. The van der Waals surface area contributed by atoms with Gasteiger partial charge in [0.15, 0.2) is 0 Å². The molecule has 0 radical (unpaired) electrons. The van der Waals surface area contributed by atoms with E-state index in [4.69, 9.17) is 28.8 Å². The lowest BCUT2D eigenvalue weighted by atomic mass is 10.1. The maximum Gasteiger partial charge on any atom is 0.357 e. The molecule has 0 atom stereocenters. The first-order valence-electron chi connectivity index (χ1n) is 19.4. The van der Waals surface area contributed by atoms with E-state index in [1.54, 1.807) is 36.4 Å². The number of benzene rings is 3. The Morgan fingerprint density at radius 1 is 0.550 bits per heavy atom. The number of carbonyl (C=O) groups excluding carboxylic acids is 2. The van der Waals surface area contributed by atoms with E-state index in [2.05, 4.69) is 21.5 Å². The van der Waals surface area contributed by atoms with Crippen LogP contribution in [0.3, 0.4) is 0 Å². The Labute approximate surface area is 350 Å². The summed E-state index contributed by atoms with van der Waals surface area (Å²) in [5.74, 6) is 0.526. The van der Waals surface area contributed by atoms with Crippen molar-refractivity contribution in [2.75, 3.05) is 26.4 Å². The minimum absolute atomic E-state index is 0.0429. The molecule has 0 amide bonds. The number of aromatic carboxylic acids is 1. The molecule has 6 aromatic rings. The predicted octanol–water partition coefficient (Wildman–Crippen LogP) is 10.0. The fraction of sp³-hybridized carbons (Fsp3) is 0.208. The molecule has 12 nitrogen and oxygen atoms in total. The van der Waals surface area contributed by atoms with Crippen LogP contribution >= 0.6 is 0 Å². The van der Waals surface area contributed by atoms with Crippen LogP contribution in [-0.2, 0) is 9.47 Å². The van der Waals surface area contributed by atoms with Crippen LogP contribution in [0, 0.1) is 0 Å². The quantitative estimate of drug-likeness (QED) is 0.0775. The zero-order chi connectivity index (χ0) is 43.3. The van der Waals surface area contributed by atoms with E-state index in [0.717, 1.165) is 39.6 Å². The summed E-state index contributed by atoms with van der Waals surface area (Å²) in [4.78, 5) is 47.2. The number of hydrogen-bond donors (Lipinski definition) is 1. The van der Waals surface area contributed by atoms with Crippen molar-refractivity contribution in [3.63, 3.8) is 0 Å². The van der Waals surface area contributed by atoms with Crippen molar-refractivity contribution in [2.24, 2.45) is 0 Å². The second-order valence-corrected chi connectivity index (χ2v) is 12.7. The Hall–Kier alpha value is -7.34. The Kier molecular flexibility index (Phi) is 18.0. The third-order valence-corrected chi connectivity index (χ3v) is 7.94. The predicted molar refractivity (Wildman–Crippen MR) is 231 cm³/mol. The van der Waals surface area contributed by atoms with E-state index in [1.165, 1.54) is 12.1 Å². The minimum Gasteiger partial charge on any atom is -0.494 e. The molecule has 3 heterocycles. The van der Waals surface area contributed by atoms with Crippen LogP contribution < -0.4 is 14.2 Å². The normalized spacial score (nSPS) is 10.2. The fourth-order valence-electron chi connectivity index (χ4n) is 5.28. The smallest absolute Gasteiger partial charge is 0.357 e. The summed E-state index contributed by atoms with van der Waals surface area (Å²) in [6.07, 6.45) is 1.36. The Morgan fingerprint density at radius 3 is 1.23 bits per heavy atom. The summed E-state index contributed by atoms with van der Waals surface area (Å²) in [6.45, 7) is 15.0. The van der Waals surface area contributed by atoms with Crippen LogP contribution in [0.15, 0.2) is 140 Å². The van der Waals surface area contributed by atoms with Gasteiger partial charge in [-0.05, 0) is 144 Å². The van der Waals surface area contributed by atoms with Gasteiger partial charge in [0.05, 0.1) is 43.0 Å². The Bertz CT molecular complexity index is 2290. The van der Waals surface area contributed by atoms with Gasteiger partial charge in [-0.15, -0.1) is 0 Å². The van der Waals surface area contributed by atoms with E-state index in [0.29, 0.717) is 36.9 Å². The standard InChI is InChI=1S/C17H19NO3.C17H17NO3.C14H13NO3/c1-4-20-14-10-8-13(9-11-14)15-6-5-7-16(18-15)17(19)21-12(2)3;1-3-12-21-17(19)16-7-5-6-15(18-16)13-8-10-14(11-9-13)20-4-2;1-2-18-11-8-6-10(7-9-11)12-4-3-5-13(15-12)14(16)17/h5-12H,4H2,1-3H3;3,5-11H,1,4,12H2,2H3;3-9H,2H2,1H3,(H,16,17). The van der Waals surface area contributed by atoms with Gasteiger partial charge in [-0.1, -0.05) is 30.9 Å². The molecule has 12 heteroatoms. The summed E-state index contributed by atoms with van der Waals surface area (Å²) >= 11 is 0. The average Bonchev–Trinajstić information content (AvgIpc) is 3.27. The zero-order valence-corrected chi connectivity index (χ0v) is 34.4. The lowest BCUT2D eigenvalue weighted by molar-refractivity contribution is 0.0370. The molecule has 0 saturated heterocycles. The van der Waals surface area contributed by atoms with Gasteiger partial charge in [0, 0.05) is 16.7 Å². The van der Waals surface area contributed by atoms with Gasteiger partial charge in [-0.3, -0.25) is 0 Å². The number of carbonyl (C=O) groups is 3. The number of aromatic nitrogens is 3. The number of hydrogen-bond acceptors (Lipinski definition) is 11. The van der Waals surface area contributed by atoms with Gasteiger partial charge >= 0.3 is 17.9 Å². The van der Waals surface area contributed by atoms with Crippen molar-refractivity contribution in [3.8, 4) is 51.0 Å². The number of ether oxygens (including phenoxy) is 5. The first kappa shape index (κ1) is 45.4. The molecule has 0 spiro atoms. The number of carboxylic acids is 1. The highest BCUT2D eigenvalue weighted by atomic mass is 16.5. The molecule has 0 unspecified atom stereocenters. The van der Waals surface area contributed by atoms with Crippen LogP contribution in [0.4, 0.5) is 0 Å². The monoisotopic (exact) mass is 811 g/mol. The molecule has 6 rings (SSSR count). The molecule has 0 aliphatic rings. The molecular formula is C48H49N3O9. The van der Waals surface area contributed by atoms with E-state index in [1.807, 2.05) is 120 Å². The van der Waals surface area contributed by atoms with Crippen LogP contribution in [0.1, 0.15) is 66.1 Å². The molecule has 310 valence electrons. The maximum atomic E-state index is 11.9. The maximum absolute atomic E-state index is 11.9. The van der Waals surface area contributed by atoms with Gasteiger partial charge in [0.1, 0.15) is 40.9 Å². The number of nitrogens with zero attached hydrogens (tertiary/aromatic N) is 3. The highest BCUT2D eigenvalue weighted by Gasteiger charge is 2.13. The first-order chi connectivity index (χ1) is 29.0. The van der Waals surface area contributed by atoms with E-state index < -0.39 is 17.9 Å². The highest BCUT2D eigenvalue weighted by molar-refractivity contribution is 5.89. The van der Waals surface area contributed by atoms with Crippen molar-refractivity contribution >= 4 is 17.9 Å². The van der Waals surface area contributed by atoms with Gasteiger partial charge in [0.25, 0.3) is 0 Å². The molecule has 60 heavy (non-hydrogen) atoms. The van der Waals surface area contributed by atoms with Gasteiger partial charge in [0.2, 0.25) is 0 Å². The van der Waals surface area contributed by atoms with Crippen molar-refractivity contribution in [2.45, 2.75) is 40.7 Å². The molecule has 1 N–H and O–H groups in total. The summed E-state index contributed by atoms with van der Waals surface area (Å²) in [5, 5.41) is 8.89. The largest absolute Gasteiger partial charge is 0.494 e. The third-order valence-electron chi connectivity index (χ3n) is 7.94. The molecule has 0 aliphatic heterocycles. The van der Waals surface area contributed by atoms with Crippen molar-refractivity contribution in [3.05, 3.63) is 157 Å². The minimum atomic E-state index is -1.03. The molecule has 3 aromatic carbocycles. The van der Waals surface area contributed by atoms with E-state index in [-0.39, 0.29) is 24.1 Å². The summed E-state index contributed by atoms with van der Waals surface area (Å²) in [6, 6.07) is 38.1. The SMILES string of the molecule is C=CCOC(=O)c1cccc(-c2ccc(OCC)cc2)n1.CCOc1ccc(-c2cccc(C(=O)O)n2)cc1.CCOc1ccc(-c2cccc(C(=O)OC(C)C)n2)cc1. The van der Waals surface area contributed by atoms with Crippen LogP contribution in [-0.4, -0.2) is 70.5 Å². The zero-order valence-electron chi connectivity index (χ0n) is 34.4. The molecule has 0 aliphatic carbocycles. The van der Waals surface area contributed by atoms with Crippen molar-refractivity contribution < 1.29 is 43.2 Å². The second kappa shape index (κ2) is 23.8. The van der Waals surface area contributed by atoms with Crippen molar-refractivity contribution in [1.82, 2.24) is 15.0 Å². The molecule has 3 aromatic heterocycles. The number of esters is 2. The molecule has 0 bridgehead atoms. The third kappa shape index (κ3) is 14.2. The Morgan fingerprint density at radius 2 is 0.900 bits per heavy atom.